The van der Waals surface area contributed by atoms with E-state index in [-0.39, 0.29) is 4.90 Å². The molecule has 0 aliphatic rings. The highest BCUT2D eigenvalue weighted by molar-refractivity contribution is 7.89. The van der Waals surface area contributed by atoms with Gasteiger partial charge in [-0.3, -0.25) is 0 Å². The molecule has 5 heteroatoms. The molecule has 3 nitrogen and oxygen atoms in total. The molecule has 1 N–H and O–H groups in total. The molecule has 0 saturated carbocycles. The minimum absolute atomic E-state index is 0.209. The van der Waals surface area contributed by atoms with E-state index in [9.17, 15) is 8.42 Å². The van der Waals surface area contributed by atoms with Gasteiger partial charge in [0.2, 0.25) is 10.0 Å². The highest BCUT2D eigenvalue weighted by atomic mass is 35.5. The number of nitrogens with one attached hydrogen (secondary N) is 1. The molecule has 0 atom stereocenters. The minimum Gasteiger partial charge on any atom is -0.211 e. The number of halogens is 1. The van der Waals surface area contributed by atoms with Crippen molar-refractivity contribution in [2.24, 2.45) is 0 Å². The first kappa shape index (κ1) is 15.8. The Labute approximate surface area is 130 Å². The third-order valence-electron chi connectivity index (χ3n) is 2.95. The molecule has 0 aliphatic heterocycles. The smallest absolute Gasteiger partial charge is 0.211 e. The first-order valence-electron chi connectivity index (χ1n) is 6.39. The van der Waals surface area contributed by atoms with E-state index in [1.54, 1.807) is 18.2 Å². The summed E-state index contributed by atoms with van der Waals surface area (Å²) in [5.41, 5.74) is 1.93. The Kier molecular flexibility index (Phi) is 5.17. The number of benzene rings is 2. The topological polar surface area (TPSA) is 46.2 Å². The predicted octanol–water partition coefficient (Wildman–Crippen LogP) is 3.30. The lowest BCUT2D eigenvalue weighted by Gasteiger charge is -2.07. The van der Waals surface area contributed by atoms with Crippen molar-refractivity contribution in [2.75, 3.05) is 6.54 Å². The van der Waals surface area contributed by atoms with Gasteiger partial charge in [-0.25, -0.2) is 13.1 Å². The lowest BCUT2D eigenvalue weighted by molar-refractivity contribution is 0.581. The van der Waals surface area contributed by atoms with Crippen LogP contribution in [-0.2, 0) is 16.4 Å². The fourth-order valence-corrected chi connectivity index (χ4v) is 2.94. The Hall–Kier alpha value is -1.62. The molecular formula is C16H15ClNO2S. The monoisotopic (exact) mass is 320 g/mol. The normalized spacial score (nSPS) is 11.3. The largest absolute Gasteiger partial charge is 0.240 e. The van der Waals surface area contributed by atoms with Crippen LogP contribution in [0.4, 0.5) is 0 Å². The lowest BCUT2D eigenvalue weighted by Crippen LogP contribution is -2.25. The van der Waals surface area contributed by atoms with E-state index in [1.807, 2.05) is 18.2 Å². The summed E-state index contributed by atoms with van der Waals surface area (Å²) in [6.07, 6.45) is 2.31. The van der Waals surface area contributed by atoms with E-state index >= 15 is 0 Å². The van der Waals surface area contributed by atoms with Crippen LogP contribution in [0.3, 0.4) is 0 Å². The summed E-state index contributed by atoms with van der Waals surface area (Å²) in [7, 11) is -3.50. The molecular weight excluding hydrogens is 306 g/mol. The average molecular weight is 321 g/mol. The van der Waals surface area contributed by atoms with Crippen molar-refractivity contribution < 1.29 is 8.42 Å². The molecule has 0 unspecified atom stereocenters. The van der Waals surface area contributed by atoms with Crippen molar-refractivity contribution in [3.63, 3.8) is 0 Å². The summed E-state index contributed by atoms with van der Waals surface area (Å²) in [6, 6.07) is 14.8. The second kappa shape index (κ2) is 6.89. The molecule has 0 heterocycles. The molecule has 0 saturated heterocycles. The van der Waals surface area contributed by atoms with Crippen LogP contribution in [0.5, 0.6) is 0 Å². The fourth-order valence-electron chi connectivity index (χ4n) is 1.78. The van der Waals surface area contributed by atoms with E-state index in [4.69, 9.17) is 11.6 Å². The first-order valence-corrected chi connectivity index (χ1v) is 8.26. The predicted molar refractivity (Wildman–Crippen MR) is 85.7 cm³/mol. The molecule has 0 aliphatic carbocycles. The van der Waals surface area contributed by atoms with Crippen LogP contribution in [-0.4, -0.2) is 15.0 Å². The van der Waals surface area contributed by atoms with Crippen molar-refractivity contribution >= 4 is 27.7 Å². The van der Waals surface area contributed by atoms with Crippen molar-refractivity contribution in [2.45, 2.75) is 11.3 Å². The van der Waals surface area contributed by atoms with E-state index < -0.39 is 10.0 Å². The summed E-state index contributed by atoms with van der Waals surface area (Å²) in [4.78, 5) is 0.209. The maximum absolute atomic E-state index is 12.1. The molecule has 0 spiro atoms. The summed E-state index contributed by atoms with van der Waals surface area (Å²) in [6.45, 7) is 3.99. The quantitative estimate of drug-likeness (QED) is 0.887. The molecule has 2 aromatic rings. The Morgan fingerprint density at radius 2 is 1.90 bits per heavy atom. The zero-order valence-corrected chi connectivity index (χ0v) is 12.9. The molecule has 1 radical (unpaired) electrons. The first-order chi connectivity index (χ1) is 10.0. The van der Waals surface area contributed by atoms with Gasteiger partial charge in [-0.1, -0.05) is 42.5 Å². The van der Waals surface area contributed by atoms with Crippen molar-refractivity contribution in [3.05, 3.63) is 71.3 Å². The highest BCUT2D eigenvalue weighted by Gasteiger charge is 2.12. The van der Waals surface area contributed by atoms with Gasteiger partial charge in [0.1, 0.15) is 0 Å². The molecule has 0 bridgehead atoms. The van der Waals surface area contributed by atoms with Crippen LogP contribution in [0, 0.1) is 6.07 Å². The van der Waals surface area contributed by atoms with Crippen molar-refractivity contribution in [3.8, 4) is 0 Å². The van der Waals surface area contributed by atoms with Crippen LogP contribution in [0.2, 0.25) is 5.02 Å². The summed E-state index contributed by atoms with van der Waals surface area (Å²) < 4.78 is 26.7. The Morgan fingerprint density at radius 3 is 2.48 bits per heavy atom. The zero-order valence-electron chi connectivity index (χ0n) is 11.3. The average Bonchev–Trinajstić information content (AvgIpc) is 2.48. The highest BCUT2D eigenvalue weighted by Crippen LogP contribution is 2.14. The molecule has 0 aromatic heterocycles. The lowest BCUT2D eigenvalue weighted by atomic mass is 10.1. The van der Waals surface area contributed by atoms with Gasteiger partial charge >= 0.3 is 0 Å². The van der Waals surface area contributed by atoms with Gasteiger partial charge < -0.3 is 0 Å². The minimum atomic E-state index is -3.50. The number of hydrogen-bond donors (Lipinski definition) is 1. The van der Waals surface area contributed by atoms with E-state index in [2.05, 4.69) is 17.4 Å². The van der Waals surface area contributed by atoms with Gasteiger partial charge in [-0.15, -0.1) is 0 Å². The van der Waals surface area contributed by atoms with E-state index in [0.717, 1.165) is 11.1 Å². The molecule has 0 amide bonds. The molecule has 2 rings (SSSR count). The van der Waals surface area contributed by atoms with Gasteiger partial charge in [0.05, 0.1) is 4.90 Å². The van der Waals surface area contributed by atoms with Crippen LogP contribution in [0.15, 0.2) is 53.9 Å². The van der Waals surface area contributed by atoms with Crippen LogP contribution in [0.1, 0.15) is 11.1 Å². The fraction of sp³-hybridized carbons (Fsp3) is 0.125. The van der Waals surface area contributed by atoms with E-state index in [1.165, 1.54) is 12.1 Å². The molecule has 2 aromatic carbocycles. The van der Waals surface area contributed by atoms with Gasteiger partial charge in [0.15, 0.2) is 0 Å². The maximum Gasteiger partial charge on any atom is 0.240 e. The Morgan fingerprint density at radius 1 is 1.19 bits per heavy atom. The van der Waals surface area contributed by atoms with Gasteiger partial charge in [0.25, 0.3) is 0 Å². The maximum atomic E-state index is 12.1. The van der Waals surface area contributed by atoms with Gasteiger partial charge in [-0.05, 0) is 47.9 Å². The number of sulfonamides is 1. The standard InChI is InChI=1S/C16H15ClNO2S/c1-2-13-3-5-14(6-4-13)11-12-18-21(19,20)16-9-7-15(17)8-10-16/h2-3,5-10,18H,1,11-12H2. The summed E-state index contributed by atoms with van der Waals surface area (Å²) in [5, 5.41) is 0.506. The molecule has 0 fully saturated rings. The number of hydrogen-bond acceptors (Lipinski definition) is 2. The second-order valence-electron chi connectivity index (χ2n) is 4.46. The van der Waals surface area contributed by atoms with Crippen molar-refractivity contribution in [1.29, 1.82) is 0 Å². The summed E-state index contributed by atoms with van der Waals surface area (Å²) in [5.74, 6) is 0. The Bertz CT molecular complexity index is 707. The molecule has 109 valence electrons. The van der Waals surface area contributed by atoms with Crippen molar-refractivity contribution in [1.82, 2.24) is 4.72 Å². The Balaban J connectivity index is 1.95. The van der Waals surface area contributed by atoms with Gasteiger partial charge in [0, 0.05) is 11.6 Å². The molecule has 21 heavy (non-hydrogen) atoms. The SMILES string of the molecule is C=Cc1[c]cc(CCNS(=O)(=O)c2ccc(Cl)cc2)cc1. The van der Waals surface area contributed by atoms with E-state index in [0.29, 0.717) is 18.0 Å². The summed E-state index contributed by atoms with van der Waals surface area (Å²) >= 11 is 5.75. The van der Waals surface area contributed by atoms with Gasteiger partial charge in [-0.2, -0.15) is 0 Å². The third-order valence-corrected chi connectivity index (χ3v) is 4.68. The second-order valence-corrected chi connectivity index (χ2v) is 6.66. The number of rotatable bonds is 6. The van der Waals surface area contributed by atoms with Crippen LogP contribution < -0.4 is 4.72 Å². The van der Waals surface area contributed by atoms with Crippen LogP contribution in [0.25, 0.3) is 6.08 Å². The zero-order chi connectivity index (χ0) is 15.3. The van der Waals surface area contributed by atoms with Crippen LogP contribution >= 0.6 is 11.6 Å². The third kappa shape index (κ3) is 4.43.